The Balaban J connectivity index is 1.67. The number of aliphatic hydroxyl groups excluding tert-OH is 1. The smallest absolute Gasteiger partial charge is 0.407 e. The number of alkyl carbamates (subject to hydrolysis) is 1. The van der Waals surface area contributed by atoms with Crippen molar-refractivity contribution >= 4 is 27.8 Å². The van der Waals surface area contributed by atoms with E-state index in [1.165, 1.54) is 6.07 Å². The first kappa shape index (κ1) is 26.2. The highest BCUT2D eigenvalue weighted by Crippen LogP contribution is 2.31. The van der Waals surface area contributed by atoms with E-state index >= 15 is 0 Å². The molecule has 0 bridgehead atoms. The highest BCUT2D eigenvalue weighted by atomic mass is 35.5. The predicted molar refractivity (Wildman–Crippen MR) is 125 cm³/mol. The van der Waals surface area contributed by atoms with Gasteiger partial charge >= 0.3 is 6.09 Å². The number of ether oxygens (including phenoxy) is 3. The quantitative estimate of drug-likeness (QED) is 0.465. The van der Waals surface area contributed by atoms with Crippen molar-refractivity contribution in [3.63, 3.8) is 0 Å². The molecule has 0 aliphatic carbocycles. The fourth-order valence-corrected chi connectivity index (χ4v) is 3.95. The van der Waals surface area contributed by atoms with Gasteiger partial charge in [-0.05, 0) is 23.3 Å². The second-order valence-electron chi connectivity index (χ2n) is 7.87. The molecule has 186 valence electrons. The zero-order chi connectivity index (χ0) is 24.6. The van der Waals surface area contributed by atoms with Crippen molar-refractivity contribution < 1.29 is 36.7 Å². The van der Waals surface area contributed by atoms with Crippen molar-refractivity contribution in [3.8, 4) is 5.75 Å². The van der Waals surface area contributed by atoms with E-state index in [0.717, 1.165) is 24.7 Å². The van der Waals surface area contributed by atoms with Crippen molar-refractivity contribution in [1.29, 1.82) is 0 Å². The van der Waals surface area contributed by atoms with Gasteiger partial charge in [0.15, 0.2) is 0 Å². The predicted octanol–water partition coefficient (Wildman–Crippen LogP) is 3.20. The molecule has 1 aliphatic rings. The van der Waals surface area contributed by atoms with Crippen molar-refractivity contribution in [2.24, 2.45) is 0 Å². The van der Waals surface area contributed by atoms with Gasteiger partial charge in [0, 0.05) is 12.8 Å². The molecule has 0 spiro atoms. The molecule has 1 saturated heterocycles. The zero-order valence-corrected chi connectivity index (χ0v) is 20.3. The Morgan fingerprint density at radius 2 is 1.91 bits per heavy atom. The van der Waals surface area contributed by atoms with Gasteiger partial charge in [-0.15, -0.1) is 0 Å². The molecule has 0 radical (unpaired) electrons. The number of nitrogens with one attached hydrogen (secondary N) is 1. The molecule has 2 atom stereocenters. The average molecular weight is 514 g/mol. The molecule has 1 amide bonds. The molecular formula is C23H28ClNO8S. The number of amides is 1. The lowest BCUT2D eigenvalue weighted by Crippen LogP contribution is -2.43. The monoisotopic (exact) mass is 513 g/mol. The van der Waals surface area contributed by atoms with Gasteiger partial charge in [-0.3, -0.25) is 4.18 Å². The Labute approximate surface area is 204 Å². The molecule has 1 aliphatic heterocycles. The van der Waals surface area contributed by atoms with E-state index in [-0.39, 0.29) is 17.7 Å². The van der Waals surface area contributed by atoms with Gasteiger partial charge < -0.3 is 24.6 Å². The van der Waals surface area contributed by atoms with Gasteiger partial charge in [0.25, 0.3) is 10.1 Å². The third-order valence-corrected chi connectivity index (χ3v) is 5.98. The second kappa shape index (κ2) is 12.4. The number of rotatable bonds is 10. The van der Waals surface area contributed by atoms with E-state index in [1.807, 2.05) is 18.2 Å². The SMILES string of the molecule is CS(=O)(=O)OC[C@@H](NC(=O)OCc1ccccc1)C(O)c1ccc(OC2CCOCC2)c(Cl)c1. The molecule has 34 heavy (non-hydrogen) atoms. The van der Waals surface area contributed by atoms with E-state index < -0.39 is 35.0 Å². The fourth-order valence-electron chi connectivity index (χ4n) is 3.33. The summed E-state index contributed by atoms with van der Waals surface area (Å²) in [5, 5.41) is 13.6. The number of hydrogen-bond donors (Lipinski definition) is 2. The van der Waals surface area contributed by atoms with Gasteiger partial charge in [0.1, 0.15) is 24.6 Å². The van der Waals surface area contributed by atoms with Crippen LogP contribution in [0.4, 0.5) is 4.79 Å². The van der Waals surface area contributed by atoms with Crippen LogP contribution in [0.3, 0.4) is 0 Å². The van der Waals surface area contributed by atoms with Gasteiger partial charge in [-0.2, -0.15) is 8.42 Å². The summed E-state index contributed by atoms with van der Waals surface area (Å²) >= 11 is 6.36. The number of carbonyl (C=O) groups is 1. The van der Waals surface area contributed by atoms with Crippen LogP contribution >= 0.6 is 11.6 Å². The molecule has 1 heterocycles. The lowest BCUT2D eigenvalue weighted by Gasteiger charge is -2.26. The van der Waals surface area contributed by atoms with E-state index in [4.69, 9.17) is 30.0 Å². The molecular weight excluding hydrogens is 486 g/mol. The third kappa shape index (κ3) is 8.44. The molecule has 2 aromatic carbocycles. The summed E-state index contributed by atoms with van der Waals surface area (Å²) in [4.78, 5) is 12.3. The molecule has 2 N–H and O–H groups in total. The van der Waals surface area contributed by atoms with Crippen LogP contribution in [0.25, 0.3) is 0 Å². The van der Waals surface area contributed by atoms with Crippen LogP contribution in [0.1, 0.15) is 30.1 Å². The number of benzene rings is 2. The van der Waals surface area contributed by atoms with Crippen molar-refractivity contribution in [3.05, 3.63) is 64.7 Å². The Bertz CT molecular complexity index is 1040. The molecule has 2 aromatic rings. The van der Waals surface area contributed by atoms with Crippen LogP contribution < -0.4 is 10.1 Å². The van der Waals surface area contributed by atoms with Gasteiger partial charge in [-0.1, -0.05) is 48.0 Å². The molecule has 3 rings (SSSR count). The summed E-state index contributed by atoms with van der Waals surface area (Å²) in [6, 6.07) is 12.6. The fraction of sp³-hybridized carbons (Fsp3) is 0.435. The van der Waals surface area contributed by atoms with Crippen LogP contribution in [-0.4, -0.2) is 57.8 Å². The number of halogens is 1. The van der Waals surface area contributed by atoms with Crippen LogP contribution in [0.15, 0.2) is 48.5 Å². The van der Waals surface area contributed by atoms with E-state index in [9.17, 15) is 18.3 Å². The molecule has 1 fully saturated rings. The first-order chi connectivity index (χ1) is 16.2. The van der Waals surface area contributed by atoms with Gasteiger partial charge in [0.2, 0.25) is 0 Å². The van der Waals surface area contributed by atoms with Gasteiger partial charge in [0.05, 0.1) is 37.1 Å². The maximum Gasteiger partial charge on any atom is 0.407 e. The lowest BCUT2D eigenvalue weighted by molar-refractivity contribution is 0.0255. The van der Waals surface area contributed by atoms with Crippen molar-refractivity contribution in [1.82, 2.24) is 5.32 Å². The maximum atomic E-state index is 12.3. The Morgan fingerprint density at radius 1 is 1.21 bits per heavy atom. The maximum absolute atomic E-state index is 12.3. The lowest BCUT2D eigenvalue weighted by atomic mass is 10.0. The molecule has 1 unspecified atom stereocenters. The Kier molecular flexibility index (Phi) is 9.54. The summed E-state index contributed by atoms with van der Waals surface area (Å²) in [6.45, 7) is 0.741. The summed E-state index contributed by atoms with van der Waals surface area (Å²) in [5.41, 5.74) is 1.11. The average Bonchev–Trinajstić information content (AvgIpc) is 2.82. The minimum absolute atomic E-state index is 0.00644. The topological polar surface area (TPSA) is 120 Å². The van der Waals surface area contributed by atoms with E-state index in [0.29, 0.717) is 24.5 Å². The zero-order valence-electron chi connectivity index (χ0n) is 18.7. The highest BCUT2D eigenvalue weighted by molar-refractivity contribution is 7.85. The van der Waals surface area contributed by atoms with Crippen LogP contribution in [0.5, 0.6) is 5.75 Å². The summed E-state index contributed by atoms with van der Waals surface area (Å²) < 4.78 is 44.2. The van der Waals surface area contributed by atoms with E-state index in [2.05, 4.69) is 5.32 Å². The number of aliphatic hydroxyl groups is 1. The first-order valence-corrected chi connectivity index (χ1v) is 12.9. The summed E-state index contributed by atoms with van der Waals surface area (Å²) in [7, 11) is -3.82. The van der Waals surface area contributed by atoms with Crippen LogP contribution in [-0.2, 0) is 30.4 Å². The minimum Gasteiger partial charge on any atom is -0.489 e. The number of hydrogen-bond acceptors (Lipinski definition) is 8. The molecule has 0 saturated carbocycles. The van der Waals surface area contributed by atoms with Crippen LogP contribution in [0.2, 0.25) is 5.02 Å². The second-order valence-corrected chi connectivity index (χ2v) is 9.92. The van der Waals surface area contributed by atoms with Gasteiger partial charge in [-0.25, -0.2) is 4.79 Å². The van der Waals surface area contributed by atoms with Crippen LogP contribution in [0, 0.1) is 0 Å². The van der Waals surface area contributed by atoms with Crippen molar-refractivity contribution in [2.45, 2.75) is 37.7 Å². The van der Waals surface area contributed by atoms with Crippen molar-refractivity contribution in [2.75, 3.05) is 26.1 Å². The first-order valence-electron chi connectivity index (χ1n) is 10.7. The molecule has 9 nitrogen and oxygen atoms in total. The highest BCUT2D eigenvalue weighted by Gasteiger charge is 2.27. The number of carbonyl (C=O) groups excluding carboxylic acids is 1. The minimum atomic E-state index is -3.82. The summed E-state index contributed by atoms with van der Waals surface area (Å²) in [5.74, 6) is 0.462. The molecule has 11 heteroatoms. The Morgan fingerprint density at radius 3 is 2.56 bits per heavy atom. The Hall–Kier alpha value is -2.37. The third-order valence-electron chi connectivity index (χ3n) is 5.12. The standard InChI is InChI=1S/C23H28ClNO8S/c1-34(28,29)32-15-20(25-23(27)31-14-16-5-3-2-4-6-16)22(26)17-7-8-21(19(24)13-17)33-18-9-11-30-12-10-18/h2-8,13,18,20,22,26H,9-12,14-15H2,1H3,(H,25,27)/t20-,22?/m1/s1. The summed E-state index contributed by atoms with van der Waals surface area (Å²) in [6.07, 6.45) is 0.195. The van der Waals surface area contributed by atoms with E-state index in [1.54, 1.807) is 24.3 Å². The largest absolute Gasteiger partial charge is 0.489 e. The molecule has 0 aromatic heterocycles. The normalized spacial score (nSPS) is 16.4.